The Hall–Kier alpha value is -1.80. The van der Waals surface area contributed by atoms with Crippen molar-refractivity contribution in [2.24, 2.45) is 0 Å². The fourth-order valence-electron chi connectivity index (χ4n) is 4.47. The van der Waals surface area contributed by atoms with Gasteiger partial charge in [0.25, 0.3) is 5.91 Å². The summed E-state index contributed by atoms with van der Waals surface area (Å²) in [5.74, 6) is 1.33. The highest BCUT2D eigenvalue weighted by atomic mass is 32.2. The lowest BCUT2D eigenvalue weighted by Crippen LogP contribution is -2.65. The van der Waals surface area contributed by atoms with Gasteiger partial charge in [0.2, 0.25) is 5.43 Å². The number of amides is 1. The molecule has 2 fully saturated rings. The quantitative estimate of drug-likeness (QED) is 0.779. The zero-order valence-corrected chi connectivity index (χ0v) is 15.6. The smallest absolute Gasteiger partial charge is 0.276 e. The lowest BCUT2D eigenvalue weighted by molar-refractivity contribution is -0.0529. The summed E-state index contributed by atoms with van der Waals surface area (Å²) in [6, 6.07) is 0.500. The molecule has 8 heteroatoms. The van der Waals surface area contributed by atoms with E-state index >= 15 is 0 Å². The Morgan fingerprint density at radius 3 is 2.65 bits per heavy atom. The highest BCUT2D eigenvalue weighted by Crippen LogP contribution is 2.34. The molecule has 2 atom stereocenters. The van der Waals surface area contributed by atoms with E-state index in [9.17, 15) is 19.5 Å². The summed E-state index contributed by atoms with van der Waals surface area (Å²) in [4.78, 5) is 40.6. The van der Waals surface area contributed by atoms with Crippen LogP contribution in [0.25, 0.3) is 0 Å². The first-order valence-corrected chi connectivity index (χ1v) is 10.3. The number of nitrogens with zero attached hydrogens (tertiary/aromatic N) is 3. The van der Waals surface area contributed by atoms with Crippen LogP contribution in [0.2, 0.25) is 0 Å². The van der Waals surface area contributed by atoms with Crippen LogP contribution in [0.15, 0.2) is 11.0 Å². The Morgan fingerprint density at radius 2 is 1.96 bits per heavy atom. The summed E-state index contributed by atoms with van der Waals surface area (Å²) in [6.07, 6.45) is 4.84. The number of rotatable bonds is 2. The Kier molecular flexibility index (Phi) is 4.56. The number of aromatic nitrogens is 1. The number of fused-ring (bicyclic) bond motifs is 2. The number of carbonyl (C=O) groups excluding carboxylic acids is 2. The van der Waals surface area contributed by atoms with Gasteiger partial charge in [-0.25, -0.2) is 0 Å². The minimum Gasteiger partial charge on any atom is -0.503 e. The van der Waals surface area contributed by atoms with E-state index in [1.165, 1.54) is 6.20 Å². The molecule has 1 amide bonds. The van der Waals surface area contributed by atoms with Crippen LogP contribution in [0.5, 0.6) is 5.75 Å². The SMILES string of the molecule is CC1CCN(C2CCSCC2)C2Cn3cc(C=O)c(=O)c(O)c3C(=O)N12. The van der Waals surface area contributed by atoms with Gasteiger partial charge in [-0.15, -0.1) is 0 Å². The molecule has 3 aliphatic heterocycles. The molecular weight excluding hydrogens is 354 g/mol. The molecule has 3 aliphatic rings. The normalized spacial score (nSPS) is 27.1. The average Bonchev–Trinajstić information content (AvgIpc) is 2.65. The lowest BCUT2D eigenvalue weighted by atomic mass is 9.99. The van der Waals surface area contributed by atoms with Crippen LogP contribution in [0.4, 0.5) is 0 Å². The molecule has 2 saturated heterocycles. The minimum atomic E-state index is -0.774. The maximum atomic E-state index is 13.1. The van der Waals surface area contributed by atoms with Crippen LogP contribution in [-0.4, -0.2) is 68.0 Å². The molecule has 4 rings (SSSR count). The van der Waals surface area contributed by atoms with Gasteiger partial charge in [0.05, 0.1) is 12.1 Å². The molecule has 0 aliphatic carbocycles. The number of aldehydes is 1. The number of hydrogen-bond donors (Lipinski definition) is 1. The summed E-state index contributed by atoms with van der Waals surface area (Å²) in [7, 11) is 0. The third-order valence-electron chi connectivity index (χ3n) is 5.85. The van der Waals surface area contributed by atoms with E-state index in [0.717, 1.165) is 37.3 Å². The van der Waals surface area contributed by atoms with Gasteiger partial charge in [-0.1, -0.05) is 0 Å². The van der Waals surface area contributed by atoms with Crippen molar-refractivity contribution in [3.8, 4) is 5.75 Å². The first-order valence-electron chi connectivity index (χ1n) is 9.10. The Bertz CT molecular complexity index is 802. The monoisotopic (exact) mass is 377 g/mol. The van der Waals surface area contributed by atoms with E-state index in [1.54, 1.807) is 4.57 Å². The molecule has 26 heavy (non-hydrogen) atoms. The number of hydrogen-bond acceptors (Lipinski definition) is 6. The molecule has 4 heterocycles. The molecule has 2 unspecified atom stereocenters. The van der Waals surface area contributed by atoms with Crippen LogP contribution in [-0.2, 0) is 6.54 Å². The van der Waals surface area contributed by atoms with Gasteiger partial charge in [-0.3, -0.25) is 19.3 Å². The second-order valence-corrected chi connectivity index (χ2v) is 8.52. The highest BCUT2D eigenvalue weighted by molar-refractivity contribution is 7.99. The van der Waals surface area contributed by atoms with Crippen LogP contribution in [0.3, 0.4) is 0 Å². The summed E-state index contributed by atoms with van der Waals surface area (Å²) < 4.78 is 1.59. The van der Waals surface area contributed by atoms with Gasteiger partial charge in [0.15, 0.2) is 17.7 Å². The molecule has 1 N–H and O–H groups in total. The Morgan fingerprint density at radius 1 is 1.23 bits per heavy atom. The molecule has 1 aromatic rings. The molecular formula is C18H23N3O4S. The summed E-state index contributed by atoms with van der Waals surface area (Å²) in [5.41, 5.74) is -0.884. The highest BCUT2D eigenvalue weighted by Gasteiger charge is 2.45. The summed E-state index contributed by atoms with van der Waals surface area (Å²) in [6.45, 7) is 3.42. The van der Waals surface area contributed by atoms with Crippen LogP contribution in [0.1, 0.15) is 47.0 Å². The topological polar surface area (TPSA) is 82.9 Å². The van der Waals surface area contributed by atoms with Crippen LogP contribution < -0.4 is 5.43 Å². The second-order valence-electron chi connectivity index (χ2n) is 7.29. The van der Waals surface area contributed by atoms with Crippen molar-refractivity contribution in [1.29, 1.82) is 0 Å². The van der Waals surface area contributed by atoms with Crippen molar-refractivity contribution in [1.82, 2.24) is 14.4 Å². The van der Waals surface area contributed by atoms with Crippen molar-refractivity contribution < 1.29 is 14.7 Å². The predicted molar refractivity (Wildman–Crippen MR) is 98.8 cm³/mol. The molecule has 0 radical (unpaired) electrons. The summed E-state index contributed by atoms with van der Waals surface area (Å²) in [5, 5.41) is 10.3. The van der Waals surface area contributed by atoms with E-state index in [0.29, 0.717) is 18.9 Å². The van der Waals surface area contributed by atoms with E-state index in [4.69, 9.17) is 0 Å². The number of thioether (sulfide) groups is 1. The number of pyridine rings is 1. The zero-order chi connectivity index (χ0) is 18.4. The van der Waals surface area contributed by atoms with E-state index in [2.05, 4.69) is 4.90 Å². The second kappa shape index (κ2) is 6.74. The Labute approximate surface area is 156 Å². The van der Waals surface area contributed by atoms with Gasteiger partial charge in [0.1, 0.15) is 6.17 Å². The fourth-order valence-corrected chi connectivity index (χ4v) is 5.55. The van der Waals surface area contributed by atoms with Gasteiger partial charge in [-0.05, 0) is 37.7 Å². The van der Waals surface area contributed by atoms with Gasteiger partial charge in [0, 0.05) is 24.8 Å². The minimum absolute atomic E-state index is 0.00440. The molecule has 140 valence electrons. The van der Waals surface area contributed by atoms with Crippen molar-refractivity contribution in [2.75, 3.05) is 18.1 Å². The van der Waals surface area contributed by atoms with Gasteiger partial charge in [-0.2, -0.15) is 11.8 Å². The number of carbonyl (C=O) groups is 2. The van der Waals surface area contributed by atoms with Crippen LogP contribution >= 0.6 is 11.8 Å². The first kappa shape index (κ1) is 17.6. The maximum Gasteiger partial charge on any atom is 0.276 e. The average molecular weight is 377 g/mol. The van der Waals surface area contributed by atoms with Crippen molar-refractivity contribution in [3.63, 3.8) is 0 Å². The zero-order valence-electron chi connectivity index (χ0n) is 14.8. The first-order chi connectivity index (χ1) is 12.5. The van der Waals surface area contributed by atoms with Crippen molar-refractivity contribution >= 4 is 24.0 Å². The summed E-state index contributed by atoms with van der Waals surface area (Å²) >= 11 is 1.97. The number of aromatic hydroxyl groups is 1. The molecule has 0 aromatic carbocycles. The molecule has 0 saturated carbocycles. The van der Waals surface area contributed by atoms with E-state index < -0.39 is 11.2 Å². The fraction of sp³-hybridized carbons (Fsp3) is 0.611. The third-order valence-corrected chi connectivity index (χ3v) is 6.90. The van der Waals surface area contributed by atoms with E-state index in [1.807, 2.05) is 23.6 Å². The predicted octanol–water partition coefficient (Wildman–Crippen LogP) is 1.14. The van der Waals surface area contributed by atoms with Gasteiger partial charge >= 0.3 is 0 Å². The largest absolute Gasteiger partial charge is 0.503 e. The van der Waals surface area contributed by atoms with Crippen molar-refractivity contribution in [2.45, 2.75) is 51.0 Å². The van der Waals surface area contributed by atoms with Crippen LogP contribution in [0, 0.1) is 0 Å². The Balaban J connectivity index is 1.77. The molecule has 0 spiro atoms. The van der Waals surface area contributed by atoms with Crippen molar-refractivity contribution in [3.05, 3.63) is 27.7 Å². The maximum absolute atomic E-state index is 13.1. The van der Waals surface area contributed by atoms with E-state index in [-0.39, 0.29) is 29.4 Å². The van der Waals surface area contributed by atoms with Gasteiger partial charge < -0.3 is 14.6 Å². The lowest BCUT2D eigenvalue weighted by Gasteiger charge is -2.53. The third kappa shape index (κ3) is 2.66. The molecule has 0 bridgehead atoms. The standard InChI is InChI=1S/C18H23N3O4S/c1-11-2-5-20(13-3-6-26-7-4-13)14-9-19-8-12(10-22)16(23)17(24)15(19)18(25)21(11)14/h8,10-11,13-14,24H,2-7,9H2,1H3. The molecule has 1 aromatic heterocycles. The molecule has 7 nitrogen and oxygen atoms in total.